The summed E-state index contributed by atoms with van der Waals surface area (Å²) in [5.74, 6) is -0.492. The molecule has 1 atom stereocenters. The van der Waals surface area contributed by atoms with Crippen LogP contribution in [0.3, 0.4) is 0 Å². The van der Waals surface area contributed by atoms with Crippen LogP contribution in [0.15, 0.2) is 24.3 Å². The number of anilines is 1. The van der Waals surface area contributed by atoms with Crippen LogP contribution in [0.5, 0.6) is 0 Å². The molecular weight excluding hydrogens is 297 g/mol. The predicted molar refractivity (Wildman–Crippen MR) is 76.4 cm³/mol. The van der Waals surface area contributed by atoms with Crippen molar-refractivity contribution in [3.63, 3.8) is 0 Å². The van der Waals surface area contributed by atoms with Crippen LogP contribution in [0.2, 0.25) is 0 Å². The highest BCUT2D eigenvalue weighted by Gasteiger charge is 2.41. The number of amides is 1. The van der Waals surface area contributed by atoms with E-state index in [0.29, 0.717) is 18.5 Å². The van der Waals surface area contributed by atoms with E-state index >= 15 is 0 Å². The minimum Gasteiger partial charge on any atom is -0.392 e. The highest BCUT2D eigenvalue weighted by Crippen LogP contribution is 2.27. The lowest BCUT2D eigenvalue weighted by molar-refractivity contribution is -0.157. The highest BCUT2D eigenvalue weighted by atomic mass is 19.4. The Bertz CT molecular complexity index is 534. The summed E-state index contributed by atoms with van der Waals surface area (Å²) in [6.07, 6.45) is -4.01. The number of likely N-dealkylation sites (N-methyl/N-ethyl adjacent to an activating group) is 1. The zero-order valence-electron chi connectivity index (χ0n) is 12.3. The van der Waals surface area contributed by atoms with E-state index in [1.54, 1.807) is 29.2 Å². The van der Waals surface area contributed by atoms with E-state index in [1.165, 1.54) is 0 Å². The summed E-state index contributed by atoms with van der Waals surface area (Å²) in [5.41, 5.74) is 1.44. The number of carbonyl (C=O) groups excluding carboxylic acids is 1. The molecule has 2 rings (SSSR count). The van der Waals surface area contributed by atoms with Gasteiger partial charge in [-0.25, -0.2) is 0 Å². The first kappa shape index (κ1) is 16.6. The lowest BCUT2D eigenvalue weighted by atomic mass is 10.1. The van der Waals surface area contributed by atoms with Crippen molar-refractivity contribution in [2.24, 2.45) is 0 Å². The number of hydrogen-bond acceptors (Lipinski definition) is 3. The molecule has 1 aromatic carbocycles. The molecule has 0 unspecified atom stereocenters. The van der Waals surface area contributed by atoms with Gasteiger partial charge in [0.15, 0.2) is 0 Å². The molecule has 7 heteroatoms. The minimum atomic E-state index is -4.38. The number of rotatable bonds is 5. The molecule has 0 aromatic heterocycles. The van der Waals surface area contributed by atoms with Gasteiger partial charge in [0.25, 0.3) is 0 Å². The standard InChI is InChI=1S/C15H19F3N2O2/c1-2-20(12-5-3-4-11(8-12)9-21)13-6-7-19(14(13)22)10-15(16,17)18/h3-5,8,13,21H,2,6-7,9-10H2,1H3/t13-/m0/s1. The molecule has 0 saturated carbocycles. The fourth-order valence-corrected chi connectivity index (χ4v) is 2.80. The molecule has 122 valence electrons. The molecular formula is C15H19F3N2O2. The Morgan fingerprint density at radius 2 is 2.14 bits per heavy atom. The normalized spacial score (nSPS) is 18.9. The third-order valence-electron chi connectivity index (χ3n) is 3.78. The van der Waals surface area contributed by atoms with Crippen molar-refractivity contribution in [2.75, 3.05) is 24.5 Å². The van der Waals surface area contributed by atoms with Gasteiger partial charge in [-0.3, -0.25) is 4.79 Å². The highest BCUT2D eigenvalue weighted by molar-refractivity contribution is 5.87. The van der Waals surface area contributed by atoms with Gasteiger partial charge in [-0.2, -0.15) is 13.2 Å². The largest absolute Gasteiger partial charge is 0.406 e. The SMILES string of the molecule is CCN(c1cccc(CO)c1)[C@H]1CCN(CC(F)(F)F)C1=O. The van der Waals surface area contributed by atoms with Crippen LogP contribution in [0, 0.1) is 0 Å². The molecule has 1 N–H and O–H groups in total. The molecule has 4 nitrogen and oxygen atoms in total. The van der Waals surface area contributed by atoms with Crippen molar-refractivity contribution in [2.45, 2.75) is 32.2 Å². The van der Waals surface area contributed by atoms with Gasteiger partial charge in [-0.15, -0.1) is 0 Å². The molecule has 1 saturated heterocycles. The van der Waals surface area contributed by atoms with Crippen LogP contribution in [0.4, 0.5) is 18.9 Å². The Balaban J connectivity index is 2.16. The monoisotopic (exact) mass is 316 g/mol. The Morgan fingerprint density at radius 1 is 1.41 bits per heavy atom. The molecule has 1 aliphatic heterocycles. The molecule has 1 amide bonds. The predicted octanol–water partition coefficient (Wildman–Crippen LogP) is 2.17. The number of hydrogen-bond donors (Lipinski definition) is 1. The number of likely N-dealkylation sites (tertiary alicyclic amines) is 1. The summed E-state index contributed by atoms with van der Waals surface area (Å²) in [4.78, 5) is 14.9. The second-order valence-corrected chi connectivity index (χ2v) is 5.29. The van der Waals surface area contributed by atoms with Crippen molar-refractivity contribution in [3.05, 3.63) is 29.8 Å². The van der Waals surface area contributed by atoms with E-state index in [2.05, 4.69) is 0 Å². The number of nitrogens with zero attached hydrogens (tertiary/aromatic N) is 2. The van der Waals surface area contributed by atoms with Crippen molar-refractivity contribution in [1.82, 2.24) is 4.90 Å². The number of carbonyl (C=O) groups is 1. The fourth-order valence-electron chi connectivity index (χ4n) is 2.80. The summed E-state index contributed by atoms with van der Waals surface area (Å²) in [6.45, 7) is 1.15. The maximum atomic E-state index is 12.5. The molecule has 0 aliphatic carbocycles. The Morgan fingerprint density at radius 3 is 2.73 bits per heavy atom. The zero-order chi connectivity index (χ0) is 16.3. The lowest BCUT2D eigenvalue weighted by Crippen LogP contribution is -2.44. The summed E-state index contributed by atoms with van der Waals surface area (Å²) in [6, 6.07) is 6.48. The van der Waals surface area contributed by atoms with Crippen LogP contribution in [-0.4, -0.2) is 47.8 Å². The molecule has 0 spiro atoms. The van der Waals surface area contributed by atoms with E-state index in [-0.39, 0.29) is 13.2 Å². The Kier molecular flexibility index (Phi) is 4.95. The quantitative estimate of drug-likeness (QED) is 0.905. The van der Waals surface area contributed by atoms with Crippen molar-refractivity contribution in [3.8, 4) is 0 Å². The Hall–Kier alpha value is -1.76. The summed E-state index contributed by atoms with van der Waals surface area (Å²) < 4.78 is 37.4. The van der Waals surface area contributed by atoms with Crippen molar-refractivity contribution < 1.29 is 23.1 Å². The van der Waals surface area contributed by atoms with Gasteiger partial charge in [0.05, 0.1) is 6.61 Å². The molecule has 1 fully saturated rings. The third kappa shape index (κ3) is 3.71. The summed E-state index contributed by atoms with van der Waals surface area (Å²) >= 11 is 0. The number of aliphatic hydroxyl groups excluding tert-OH is 1. The van der Waals surface area contributed by atoms with Crippen molar-refractivity contribution in [1.29, 1.82) is 0 Å². The van der Waals surface area contributed by atoms with Crippen LogP contribution >= 0.6 is 0 Å². The fraction of sp³-hybridized carbons (Fsp3) is 0.533. The first-order valence-corrected chi connectivity index (χ1v) is 7.17. The first-order valence-electron chi connectivity index (χ1n) is 7.17. The van der Waals surface area contributed by atoms with Crippen LogP contribution in [0.1, 0.15) is 18.9 Å². The van der Waals surface area contributed by atoms with E-state index in [4.69, 9.17) is 0 Å². The first-order chi connectivity index (χ1) is 10.4. The number of halogens is 3. The number of benzene rings is 1. The maximum Gasteiger partial charge on any atom is 0.406 e. The van der Waals surface area contributed by atoms with Crippen LogP contribution in [-0.2, 0) is 11.4 Å². The molecule has 0 radical (unpaired) electrons. The van der Waals surface area contributed by atoms with Crippen LogP contribution < -0.4 is 4.90 Å². The van der Waals surface area contributed by atoms with Gasteiger partial charge >= 0.3 is 6.18 Å². The summed E-state index contributed by atoms with van der Waals surface area (Å²) in [7, 11) is 0. The molecule has 1 aromatic rings. The second-order valence-electron chi connectivity index (χ2n) is 5.29. The van der Waals surface area contributed by atoms with E-state index < -0.39 is 24.7 Å². The van der Waals surface area contributed by atoms with Gasteiger partial charge in [0.2, 0.25) is 5.91 Å². The smallest absolute Gasteiger partial charge is 0.392 e. The molecule has 0 bridgehead atoms. The third-order valence-corrected chi connectivity index (χ3v) is 3.78. The van der Waals surface area contributed by atoms with Gasteiger partial charge in [-0.05, 0) is 31.0 Å². The zero-order valence-corrected chi connectivity index (χ0v) is 12.3. The second kappa shape index (κ2) is 6.56. The van der Waals surface area contributed by atoms with Gasteiger partial charge in [0, 0.05) is 18.8 Å². The average molecular weight is 316 g/mol. The molecule has 22 heavy (non-hydrogen) atoms. The van der Waals surface area contributed by atoms with Gasteiger partial charge in [0.1, 0.15) is 12.6 Å². The van der Waals surface area contributed by atoms with E-state index in [9.17, 15) is 23.1 Å². The number of alkyl halides is 3. The minimum absolute atomic E-state index is 0.110. The number of aliphatic hydroxyl groups is 1. The maximum absolute atomic E-state index is 12.5. The van der Waals surface area contributed by atoms with E-state index in [1.807, 2.05) is 6.92 Å². The Labute approximate surface area is 127 Å². The topological polar surface area (TPSA) is 43.8 Å². The molecule has 1 aliphatic rings. The van der Waals surface area contributed by atoms with Crippen molar-refractivity contribution >= 4 is 11.6 Å². The summed E-state index contributed by atoms with van der Waals surface area (Å²) in [5, 5.41) is 9.18. The van der Waals surface area contributed by atoms with Gasteiger partial charge < -0.3 is 14.9 Å². The van der Waals surface area contributed by atoms with Gasteiger partial charge in [-0.1, -0.05) is 12.1 Å². The van der Waals surface area contributed by atoms with Crippen LogP contribution in [0.25, 0.3) is 0 Å². The van der Waals surface area contributed by atoms with E-state index in [0.717, 1.165) is 10.6 Å². The molecule has 1 heterocycles. The lowest BCUT2D eigenvalue weighted by Gasteiger charge is -2.29. The average Bonchev–Trinajstić information content (AvgIpc) is 2.80.